The molecule has 20 heavy (non-hydrogen) atoms. The number of ether oxygens (including phenoxy) is 1. The molecule has 3 N–H and O–H groups in total. The van der Waals surface area contributed by atoms with Crippen LogP contribution in [0.3, 0.4) is 0 Å². The molecule has 0 aromatic heterocycles. The summed E-state index contributed by atoms with van der Waals surface area (Å²) in [6.07, 6.45) is 0.125. The maximum Gasteiger partial charge on any atom is 0.241 e. The summed E-state index contributed by atoms with van der Waals surface area (Å²) < 4.78 is 18.5. The van der Waals surface area contributed by atoms with Crippen LogP contribution in [-0.4, -0.2) is 42.6 Å². The summed E-state index contributed by atoms with van der Waals surface area (Å²) in [7, 11) is 0. The van der Waals surface area contributed by atoms with E-state index in [2.05, 4.69) is 10.2 Å². The van der Waals surface area contributed by atoms with Gasteiger partial charge in [0, 0.05) is 18.8 Å². The van der Waals surface area contributed by atoms with Crippen LogP contribution in [0.1, 0.15) is 13.8 Å². The number of hydrogen-bond donors (Lipinski definition) is 2. The van der Waals surface area contributed by atoms with Crippen molar-refractivity contribution >= 4 is 17.3 Å². The topological polar surface area (TPSA) is 67.6 Å². The highest BCUT2D eigenvalue weighted by Gasteiger charge is 2.26. The first kappa shape index (κ1) is 14.7. The van der Waals surface area contributed by atoms with Crippen LogP contribution in [0.25, 0.3) is 0 Å². The first-order chi connectivity index (χ1) is 9.47. The second-order valence-corrected chi connectivity index (χ2v) is 5.08. The van der Waals surface area contributed by atoms with Crippen LogP contribution in [0.15, 0.2) is 18.2 Å². The van der Waals surface area contributed by atoms with E-state index in [1.54, 1.807) is 0 Å². The van der Waals surface area contributed by atoms with Gasteiger partial charge >= 0.3 is 0 Å². The summed E-state index contributed by atoms with van der Waals surface area (Å²) in [5, 5.41) is 2.75. The van der Waals surface area contributed by atoms with Crippen LogP contribution >= 0.6 is 0 Å². The summed E-state index contributed by atoms with van der Waals surface area (Å²) in [5.41, 5.74) is 6.01. The minimum atomic E-state index is -0.488. The summed E-state index contributed by atoms with van der Waals surface area (Å²) in [6.45, 7) is 5.91. The second kappa shape index (κ2) is 6.19. The SMILES string of the molecule is CC1CN(C(C)C(=O)Nc2ccc(F)c(N)c2)CCO1. The van der Waals surface area contributed by atoms with Gasteiger partial charge in [-0.3, -0.25) is 9.69 Å². The Kier molecular flexibility index (Phi) is 4.57. The molecule has 0 spiro atoms. The molecule has 5 nitrogen and oxygen atoms in total. The summed E-state index contributed by atoms with van der Waals surface area (Å²) in [5.74, 6) is -0.622. The molecule has 0 aliphatic carbocycles. The predicted octanol–water partition coefficient (Wildman–Crippen LogP) is 1.46. The van der Waals surface area contributed by atoms with E-state index in [1.807, 2.05) is 13.8 Å². The number of morpholine rings is 1. The molecule has 110 valence electrons. The van der Waals surface area contributed by atoms with Gasteiger partial charge in [-0.15, -0.1) is 0 Å². The number of nitrogen functional groups attached to an aromatic ring is 1. The first-order valence-electron chi connectivity index (χ1n) is 6.69. The molecular formula is C14H20FN3O2. The van der Waals surface area contributed by atoms with E-state index >= 15 is 0 Å². The van der Waals surface area contributed by atoms with Crippen molar-refractivity contribution in [2.75, 3.05) is 30.7 Å². The third-order valence-corrected chi connectivity index (χ3v) is 3.46. The standard InChI is InChI=1S/C14H20FN3O2/c1-9-8-18(5-6-20-9)10(2)14(19)17-11-3-4-12(15)13(16)7-11/h3-4,7,9-10H,5-6,8,16H2,1-2H3,(H,17,19). The van der Waals surface area contributed by atoms with Crippen molar-refractivity contribution < 1.29 is 13.9 Å². The molecule has 1 heterocycles. The molecule has 0 radical (unpaired) electrons. The zero-order valence-electron chi connectivity index (χ0n) is 11.7. The summed E-state index contributed by atoms with van der Waals surface area (Å²) in [4.78, 5) is 14.3. The van der Waals surface area contributed by atoms with Crippen molar-refractivity contribution in [1.29, 1.82) is 0 Å². The highest BCUT2D eigenvalue weighted by molar-refractivity contribution is 5.94. The normalized spacial score (nSPS) is 21.4. The molecule has 0 bridgehead atoms. The molecular weight excluding hydrogens is 261 g/mol. The number of nitrogens with zero attached hydrogens (tertiary/aromatic N) is 1. The molecule has 1 aromatic rings. The Morgan fingerprint density at radius 1 is 1.60 bits per heavy atom. The Morgan fingerprint density at radius 3 is 3.00 bits per heavy atom. The molecule has 1 fully saturated rings. The number of nitrogens with two attached hydrogens (primary N) is 1. The van der Waals surface area contributed by atoms with Gasteiger partial charge in [0.2, 0.25) is 5.91 Å². The van der Waals surface area contributed by atoms with Gasteiger partial charge < -0.3 is 15.8 Å². The third kappa shape index (κ3) is 3.46. The zero-order chi connectivity index (χ0) is 14.7. The molecule has 2 atom stereocenters. The number of anilines is 2. The highest BCUT2D eigenvalue weighted by atomic mass is 19.1. The smallest absolute Gasteiger partial charge is 0.241 e. The quantitative estimate of drug-likeness (QED) is 0.823. The van der Waals surface area contributed by atoms with Crippen molar-refractivity contribution in [2.45, 2.75) is 26.0 Å². The van der Waals surface area contributed by atoms with Gasteiger partial charge in [-0.2, -0.15) is 0 Å². The molecule has 2 rings (SSSR count). The highest BCUT2D eigenvalue weighted by Crippen LogP contribution is 2.17. The van der Waals surface area contributed by atoms with Crippen molar-refractivity contribution in [1.82, 2.24) is 4.90 Å². The minimum Gasteiger partial charge on any atom is -0.396 e. The lowest BCUT2D eigenvalue weighted by Crippen LogP contribution is -2.50. The van der Waals surface area contributed by atoms with Crippen LogP contribution in [-0.2, 0) is 9.53 Å². The maximum absolute atomic E-state index is 13.1. The van der Waals surface area contributed by atoms with Crippen molar-refractivity contribution in [3.63, 3.8) is 0 Å². The molecule has 1 aliphatic rings. The van der Waals surface area contributed by atoms with Crippen LogP contribution in [0.4, 0.5) is 15.8 Å². The van der Waals surface area contributed by atoms with Crippen molar-refractivity contribution in [3.8, 4) is 0 Å². The Bertz CT molecular complexity index is 495. The number of carbonyl (C=O) groups is 1. The van der Waals surface area contributed by atoms with Gasteiger partial charge in [0.05, 0.1) is 24.4 Å². The van der Waals surface area contributed by atoms with Gasteiger partial charge in [0.15, 0.2) is 0 Å². The fourth-order valence-corrected chi connectivity index (χ4v) is 2.23. The van der Waals surface area contributed by atoms with E-state index in [0.29, 0.717) is 12.3 Å². The molecule has 1 amide bonds. The Labute approximate surface area is 117 Å². The van der Waals surface area contributed by atoms with Crippen LogP contribution < -0.4 is 11.1 Å². The average molecular weight is 281 g/mol. The number of carbonyl (C=O) groups excluding carboxylic acids is 1. The number of hydrogen-bond acceptors (Lipinski definition) is 4. The number of amides is 1. The van der Waals surface area contributed by atoms with Crippen molar-refractivity contribution in [2.24, 2.45) is 0 Å². The summed E-state index contributed by atoms with van der Waals surface area (Å²) >= 11 is 0. The van der Waals surface area contributed by atoms with Gasteiger partial charge in [0.25, 0.3) is 0 Å². The van der Waals surface area contributed by atoms with Gasteiger partial charge in [-0.1, -0.05) is 0 Å². The largest absolute Gasteiger partial charge is 0.396 e. The number of halogens is 1. The second-order valence-electron chi connectivity index (χ2n) is 5.08. The Hall–Kier alpha value is -1.66. The number of nitrogens with one attached hydrogen (secondary N) is 1. The van der Waals surface area contributed by atoms with Crippen LogP contribution in [0, 0.1) is 5.82 Å². The third-order valence-electron chi connectivity index (χ3n) is 3.46. The fourth-order valence-electron chi connectivity index (χ4n) is 2.23. The van der Waals surface area contributed by atoms with Gasteiger partial charge in [-0.25, -0.2) is 4.39 Å². The predicted molar refractivity (Wildman–Crippen MR) is 75.9 cm³/mol. The van der Waals surface area contributed by atoms with E-state index in [0.717, 1.165) is 13.1 Å². The Morgan fingerprint density at radius 2 is 2.35 bits per heavy atom. The first-order valence-corrected chi connectivity index (χ1v) is 6.69. The molecule has 1 aliphatic heterocycles. The number of benzene rings is 1. The molecule has 0 saturated carbocycles. The average Bonchev–Trinajstić information content (AvgIpc) is 2.42. The van der Waals surface area contributed by atoms with E-state index in [9.17, 15) is 9.18 Å². The van der Waals surface area contributed by atoms with Gasteiger partial charge in [0.1, 0.15) is 5.82 Å². The lowest BCUT2D eigenvalue weighted by molar-refractivity contribution is -0.123. The molecule has 2 unspecified atom stereocenters. The van der Waals surface area contributed by atoms with Crippen molar-refractivity contribution in [3.05, 3.63) is 24.0 Å². The maximum atomic E-state index is 13.1. The van der Waals surface area contributed by atoms with E-state index < -0.39 is 5.82 Å². The lowest BCUT2D eigenvalue weighted by atomic mass is 10.2. The van der Waals surface area contributed by atoms with Crippen LogP contribution in [0.2, 0.25) is 0 Å². The summed E-state index contributed by atoms with van der Waals surface area (Å²) in [6, 6.07) is 3.89. The molecule has 1 saturated heterocycles. The van der Waals surface area contributed by atoms with Gasteiger partial charge in [-0.05, 0) is 32.0 Å². The lowest BCUT2D eigenvalue weighted by Gasteiger charge is -2.34. The number of rotatable bonds is 3. The van der Waals surface area contributed by atoms with E-state index in [1.165, 1.54) is 18.2 Å². The Balaban J connectivity index is 1.98. The monoisotopic (exact) mass is 281 g/mol. The fraction of sp³-hybridized carbons (Fsp3) is 0.500. The molecule has 6 heteroatoms. The molecule has 1 aromatic carbocycles. The van der Waals surface area contributed by atoms with Crippen LogP contribution in [0.5, 0.6) is 0 Å². The van der Waals surface area contributed by atoms with E-state index in [-0.39, 0.29) is 23.7 Å². The van der Waals surface area contributed by atoms with E-state index in [4.69, 9.17) is 10.5 Å². The zero-order valence-corrected chi connectivity index (χ0v) is 11.7. The minimum absolute atomic E-state index is 0.0236.